The van der Waals surface area contributed by atoms with Crippen LogP contribution < -0.4 is 5.32 Å². The molecule has 0 bridgehead atoms. The lowest BCUT2D eigenvalue weighted by Crippen LogP contribution is -2.49. The van der Waals surface area contributed by atoms with Gasteiger partial charge in [0.25, 0.3) is 0 Å². The highest BCUT2D eigenvalue weighted by atomic mass is 32.1. The van der Waals surface area contributed by atoms with Crippen LogP contribution in [0.3, 0.4) is 0 Å². The fourth-order valence-corrected chi connectivity index (χ4v) is 3.00. The van der Waals surface area contributed by atoms with Crippen molar-refractivity contribution in [2.24, 2.45) is 0 Å². The number of nitrogens with one attached hydrogen (secondary N) is 1. The number of amides is 2. The van der Waals surface area contributed by atoms with Gasteiger partial charge in [-0.25, -0.2) is 4.98 Å². The van der Waals surface area contributed by atoms with Crippen LogP contribution >= 0.6 is 11.3 Å². The molecule has 2 heterocycles. The maximum Gasteiger partial charge on any atom is 0.248 e. The van der Waals surface area contributed by atoms with Gasteiger partial charge in [0.05, 0.1) is 5.69 Å². The van der Waals surface area contributed by atoms with Gasteiger partial charge in [0.15, 0.2) is 5.13 Å². The Morgan fingerprint density at radius 1 is 1.53 bits per heavy atom. The molecule has 1 aromatic heterocycles. The van der Waals surface area contributed by atoms with Gasteiger partial charge in [-0.2, -0.15) is 0 Å². The highest BCUT2D eigenvalue weighted by molar-refractivity contribution is 7.13. The Morgan fingerprint density at radius 2 is 2.32 bits per heavy atom. The number of carbonyl (C=O) groups is 2. The van der Waals surface area contributed by atoms with Gasteiger partial charge in [-0.05, 0) is 26.2 Å². The number of aryl methyl sites for hydroxylation is 1. The summed E-state index contributed by atoms with van der Waals surface area (Å²) < 4.78 is 0. The maximum atomic E-state index is 12.3. The van der Waals surface area contributed by atoms with Crippen molar-refractivity contribution in [2.45, 2.75) is 45.6 Å². The van der Waals surface area contributed by atoms with Crippen LogP contribution in [0, 0.1) is 6.92 Å². The first kappa shape index (κ1) is 14.0. The van der Waals surface area contributed by atoms with Gasteiger partial charge >= 0.3 is 0 Å². The van der Waals surface area contributed by atoms with E-state index in [1.165, 1.54) is 11.3 Å². The fourth-order valence-electron chi connectivity index (χ4n) is 2.31. The first-order chi connectivity index (χ1) is 9.11. The molecule has 6 heteroatoms. The molecule has 0 radical (unpaired) electrons. The molecular weight excluding hydrogens is 262 g/mol. The Kier molecular flexibility index (Phi) is 4.52. The minimum Gasteiger partial charge on any atom is -0.331 e. The fraction of sp³-hybridized carbons (Fsp3) is 0.615. The van der Waals surface area contributed by atoms with E-state index < -0.39 is 0 Å². The summed E-state index contributed by atoms with van der Waals surface area (Å²) >= 11 is 1.41. The van der Waals surface area contributed by atoms with Crippen LogP contribution in [0.5, 0.6) is 0 Å². The lowest BCUT2D eigenvalue weighted by molar-refractivity contribution is -0.140. The first-order valence-corrected chi connectivity index (χ1v) is 7.52. The summed E-state index contributed by atoms with van der Waals surface area (Å²) in [6, 6.07) is -0.342. The lowest BCUT2D eigenvalue weighted by atomic mass is 10.0. The smallest absolute Gasteiger partial charge is 0.248 e. The molecule has 2 amide bonds. The van der Waals surface area contributed by atoms with E-state index in [9.17, 15) is 9.59 Å². The predicted octanol–water partition coefficient (Wildman–Crippen LogP) is 2.18. The quantitative estimate of drug-likeness (QED) is 0.923. The van der Waals surface area contributed by atoms with Gasteiger partial charge < -0.3 is 10.2 Å². The minimum atomic E-state index is -0.342. The molecule has 1 atom stereocenters. The number of hydrogen-bond donors (Lipinski definition) is 1. The topological polar surface area (TPSA) is 62.3 Å². The van der Waals surface area contributed by atoms with E-state index in [2.05, 4.69) is 10.3 Å². The van der Waals surface area contributed by atoms with Crippen molar-refractivity contribution in [1.29, 1.82) is 0 Å². The molecule has 0 unspecified atom stereocenters. The molecule has 1 aliphatic rings. The van der Waals surface area contributed by atoms with E-state index in [0.717, 1.165) is 25.0 Å². The van der Waals surface area contributed by atoms with Crippen LogP contribution in [0.25, 0.3) is 0 Å². The summed E-state index contributed by atoms with van der Waals surface area (Å²) in [6.07, 6.45) is 3.15. The zero-order valence-corrected chi connectivity index (χ0v) is 12.1. The summed E-state index contributed by atoms with van der Waals surface area (Å²) in [5.74, 6) is -0.0639. The Labute approximate surface area is 117 Å². The number of piperidine rings is 1. The van der Waals surface area contributed by atoms with E-state index >= 15 is 0 Å². The highest BCUT2D eigenvalue weighted by Gasteiger charge is 2.31. The molecule has 1 aliphatic heterocycles. The predicted molar refractivity (Wildman–Crippen MR) is 75.1 cm³/mol. The van der Waals surface area contributed by atoms with Crippen molar-refractivity contribution in [2.75, 3.05) is 11.9 Å². The van der Waals surface area contributed by atoms with Crippen molar-refractivity contribution in [3.63, 3.8) is 0 Å². The van der Waals surface area contributed by atoms with Crippen LogP contribution in [0.4, 0.5) is 5.13 Å². The average molecular weight is 281 g/mol. The van der Waals surface area contributed by atoms with Gasteiger partial charge in [0.1, 0.15) is 6.04 Å². The third-order valence-electron chi connectivity index (χ3n) is 3.28. The normalized spacial score (nSPS) is 19.3. The number of rotatable bonds is 3. The van der Waals surface area contributed by atoms with Crippen LogP contribution in [0.1, 0.15) is 38.3 Å². The van der Waals surface area contributed by atoms with Crippen LogP contribution in [-0.4, -0.2) is 34.3 Å². The van der Waals surface area contributed by atoms with E-state index in [4.69, 9.17) is 0 Å². The molecular formula is C13H19N3O2S. The molecule has 0 saturated carbocycles. The molecule has 1 aromatic rings. The van der Waals surface area contributed by atoms with Crippen molar-refractivity contribution in [3.8, 4) is 0 Å². The van der Waals surface area contributed by atoms with Crippen LogP contribution in [-0.2, 0) is 9.59 Å². The number of hydrogen-bond acceptors (Lipinski definition) is 4. The SMILES string of the molecule is CCC(=O)N1CCCC[C@H]1C(=O)Nc1nc(C)cs1. The average Bonchev–Trinajstić information content (AvgIpc) is 2.83. The summed E-state index contributed by atoms with van der Waals surface area (Å²) in [7, 11) is 0. The largest absolute Gasteiger partial charge is 0.331 e. The summed E-state index contributed by atoms with van der Waals surface area (Å²) in [5, 5.41) is 5.32. The monoisotopic (exact) mass is 281 g/mol. The number of nitrogens with zero attached hydrogens (tertiary/aromatic N) is 2. The molecule has 0 aliphatic carbocycles. The molecule has 5 nitrogen and oxygen atoms in total. The van der Waals surface area contributed by atoms with E-state index in [1.54, 1.807) is 4.90 Å². The lowest BCUT2D eigenvalue weighted by Gasteiger charge is -2.34. The molecule has 0 aromatic carbocycles. The number of thiazole rings is 1. The second-order valence-corrected chi connectivity index (χ2v) is 5.59. The second kappa shape index (κ2) is 6.14. The maximum absolute atomic E-state index is 12.3. The highest BCUT2D eigenvalue weighted by Crippen LogP contribution is 2.21. The number of anilines is 1. The number of carbonyl (C=O) groups excluding carboxylic acids is 2. The van der Waals surface area contributed by atoms with E-state index in [0.29, 0.717) is 18.1 Å². The summed E-state index contributed by atoms with van der Waals surface area (Å²) in [4.78, 5) is 30.1. The number of aromatic nitrogens is 1. The molecule has 2 rings (SSSR count). The molecule has 0 spiro atoms. The second-order valence-electron chi connectivity index (χ2n) is 4.74. The van der Waals surface area contributed by atoms with Crippen molar-refractivity contribution in [1.82, 2.24) is 9.88 Å². The zero-order chi connectivity index (χ0) is 13.8. The van der Waals surface area contributed by atoms with Crippen molar-refractivity contribution >= 4 is 28.3 Å². The first-order valence-electron chi connectivity index (χ1n) is 6.64. The van der Waals surface area contributed by atoms with E-state index in [-0.39, 0.29) is 17.9 Å². The number of likely N-dealkylation sites (tertiary alicyclic amines) is 1. The zero-order valence-electron chi connectivity index (χ0n) is 11.3. The molecule has 1 saturated heterocycles. The molecule has 1 fully saturated rings. The Balaban J connectivity index is 2.05. The van der Waals surface area contributed by atoms with Crippen molar-refractivity contribution < 1.29 is 9.59 Å². The Hall–Kier alpha value is -1.43. The Morgan fingerprint density at radius 3 is 2.95 bits per heavy atom. The van der Waals surface area contributed by atoms with Gasteiger partial charge in [-0.15, -0.1) is 11.3 Å². The molecule has 19 heavy (non-hydrogen) atoms. The summed E-state index contributed by atoms with van der Waals surface area (Å²) in [5.41, 5.74) is 0.894. The summed E-state index contributed by atoms with van der Waals surface area (Å²) in [6.45, 7) is 4.40. The van der Waals surface area contributed by atoms with E-state index in [1.807, 2.05) is 19.2 Å². The molecule has 104 valence electrons. The third kappa shape index (κ3) is 3.32. The Bertz CT molecular complexity index is 472. The van der Waals surface area contributed by atoms with Crippen LogP contribution in [0.2, 0.25) is 0 Å². The molecule has 1 N–H and O–H groups in total. The van der Waals surface area contributed by atoms with Gasteiger partial charge in [0.2, 0.25) is 11.8 Å². The van der Waals surface area contributed by atoms with Crippen molar-refractivity contribution in [3.05, 3.63) is 11.1 Å². The van der Waals surface area contributed by atoms with Gasteiger partial charge in [-0.3, -0.25) is 9.59 Å². The minimum absolute atomic E-state index is 0.0511. The third-order valence-corrected chi connectivity index (χ3v) is 4.15. The van der Waals surface area contributed by atoms with Gasteiger partial charge in [-0.1, -0.05) is 6.92 Å². The standard InChI is InChI=1S/C13H19N3O2S/c1-3-11(17)16-7-5-4-6-10(16)12(18)15-13-14-9(2)8-19-13/h8,10H,3-7H2,1-2H3,(H,14,15,18)/t10-/m0/s1. The van der Waals surface area contributed by atoms with Gasteiger partial charge in [0, 0.05) is 18.3 Å². The van der Waals surface area contributed by atoms with Crippen LogP contribution in [0.15, 0.2) is 5.38 Å².